The summed E-state index contributed by atoms with van der Waals surface area (Å²) < 4.78 is 7.05. The number of H-pyrrole nitrogens is 1. The third-order valence-electron chi connectivity index (χ3n) is 6.66. The highest BCUT2D eigenvalue weighted by Gasteiger charge is 2.25. The van der Waals surface area contributed by atoms with E-state index in [2.05, 4.69) is 42.9 Å². The van der Waals surface area contributed by atoms with Crippen molar-refractivity contribution in [2.75, 3.05) is 4.90 Å². The van der Waals surface area contributed by atoms with Crippen molar-refractivity contribution >= 4 is 29.4 Å². The van der Waals surface area contributed by atoms with Crippen LogP contribution in [0.15, 0.2) is 42.6 Å². The zero-order valence-electron chi connectivity index (χ0n) is 23.3. The van der Waals surface area contributed by atoms with Crippen molar-refractivity contribution in [3.63, 3.8) is 0 Å². The summed E-state index contributed by atoms with van der Waals surface area (Å²) in [5, 5.41) is 21.0. The molecule has 210 valence electrons. The molecule has 3 heterocycles. The molecule has 0 atom stereocenters. The van der Waals surface area contributed by atoms with Gasteiger partial charge in [-0.15, -0.1) is 10.2 Å². The van der Waals surface area contributed by atoms with Crippen LogP contribution in [0.1, 0.15) is 74.9 Å². The first-order valence-corrected chi connectivity index (χ1v) is 13.8. The number of amides is 2. The Morgan fingerprint density at radius 3 is 2.75 bits per heavy atom. The van der Waals surface area contributed by atoms with Crippen LogP contribution in [0.3, 0.4) is 0 Å². The number of hydrogen-bond acceptors (Lipinski definition) is 7. The van der Waals surface area contributed by atoms with Gasteiger partial charge >= 0.3 is 6.09 Å². The molecule has 1 aromatic carbocycles. The van der Waals surface area contributed by atoms with E-state index < -0.39 is 11.7 Å². The average molecular weight is 545 g/mol. The minimum Gasteiger partial charge on any atom is -0.444 e. The van der Waals surface area contributed by atoms with Gasteiger partial charge < -0.3 is 15.0 Å². The van der Waals surface area contributed by atoms with Crippen LogP contribution >= 0.6 is 0 Å². The van der Waals surface area contributed by atoms with Crippen molar-refractivity contribution in [1.29, 1.82) is 0 Å². The van der Waals surface area contributed by atoms with Gasteiger partial charge in [0.25, 0.3) is 0 Å². The normalized spacial score (nSPS) is 13.4. The van der Waals surface area contributed by atoms with E-state index in [1.807, 2.05) is 45.0 Å². The number of ether oxygens (including phenoxy) is 1. The maximum absolute atomic E-state index is 12.0. The molecule has 11 nitrogen and oxygen atoms in total. The van der Waals surface area contributed by atoms with Gasteiger partial charge in [-0.05, 0) is 82.1 Å². The quantitative estimate of drug-likeness (QED) is 0.196. The Bertz CT molecular complexity index is 1470. The standard InChI is InChI=1S/C29H36N8O3/c1-29(2,3)40-28(39)30-16-20-7-6-8-21(13-20)17-36(19-38)26-18-37(35-33-26)12-5-4-9-24-14-23-15-25(22-10-11-22)31-27(23)34-32-24/h6-8,13-15,18-19,22H,4-5,9-12,16-17H2,1-3H3,(H,30,39)(H,31,34). The minimum atomic E-state index is -0.556. The van der Waals surface area contributed by atoms with Crippen LogP contribution in [0.5, 0.6) is 0 Å². The fourth-order valence-electron chi connectivity index (χ4n) is 4.54. The lowest BCUT2D eigenvalue weighted by molar-refractivity contribution is -0.107. The van der Waals surface area contributed by atoms with E-state index in [-0.39, 0.29) is 0 Å². The monoisotopic (exact) mass is 544 g/mol. The van der Waals surface area contributed by atoms with Crippen molar-refractivity contribution in [3.05, 3.63) is 65.1 Å². The van der Waals surface area contributed by atoms with Crippen LogP contribution in [0.25, 0.3) is 11.0 Å². The van der Waals surface area contributed by atoms with Gasteiger partial charge in [0.2, 0.25) is 6.41 Å². The second-order valence-corrected chi connectivity index (χ2v) is 11.3. The molecule has 2 amide bonds. The number of nitrogens with zero attached hydrogens (tertiary/aromatic N) is 6. The van der Waals surface area contributed by atoms with Crippen molar-refractivity contribution in [1.82, 2.24) is 35.5 Å². The lowest BCUT2D eigenvalue weighted by Gasteiger charge is -2.20. The molecule has 3 aromatic heterocycles. The highest BCUT2D eigenvalue weighted by atomic mass is 16.6. The molecule has 0 bridgehead atoms. The van der Waals surface area contributed by atoms with Gasteiger partial charge in [-0.1, -0.05) is 29.5 Å². The van der Waals surface area contributed by atoms with Crippen LogP contribution in [0, 0.1) is 0 Å². The topological polar surface area (TPSA) is 131 Å². The summed E-state index contributed by atoms with van der Waals surface area (Å²) in [6, 6.07) is 12.0. The minimum absolute atomic E-state index is 0.326. The molecular weight excluding hydrogens is 508 g/mol. The lowest BCUT2D eigenvalue weighted by Crippen LogP contribution is -2.32. The molecule has 11 heteroatoms. The first-order valence-electron chi connectivity index (χ1n) is 13.8. The number of aromatic amines is 1. The molecule has 1 aliphatic rings. The summed E-state index contributed by atoms with van der Waals surface area (Å²) in [6.07, 6.45) is 7.26. The molecule has 0 saturated heterocycles. The van der Waals surface area contributed by atoms with E-state index in [0.29, 0.717) is 31.4 Å². The molecule has 2 N–H and O–H groups in total. The van der Waals surface area contributed by atoms with Crippen LogP contribution in [0.4, 0.5) is 10.6 Å². The van der Waals surface area contributed by atoms with Crippen LogP contribution in [0.2, 0.25) is 0 Å². The summed E-state index contributed by atoms with van der Waals surface area (Å²) in [4.78, 5) is 28.7. The molecule has 1 fully saturated rings. The SMILES string of the molecule is CC(C)(C)OC(=O)NCc1cccc(CN(C=O)c2cn(CCCCc3cc4cc(C5CC5)[nH]c4nn3)nn2)c1. The van der Waals surface area contributed by atoms with Gasteiger partial charge in [0.1, 0.15) is 5.60 Å². The molecule has 4 aromatic rings. The Hall–Kier alpha value is -4.28. The predicted molar refractivity (Wildman–Crippen MR) is 151 cm³/mol. The van der Waals surface area contributed by atoms with Crippen molar-refractivity contribution < 1.29 is 14.3 Å². The van der Waals surface area contributed by atoms with Crippen molar-refractivity contribution in [3.8, 4) is 0 Å². The number of carbonyl (C=O) groups excluding carboxylic acids is 2. The Morgan fingerprint density at radius 1 is 1.15 bits per heavy atom. The zero-order valence-corrected chi connectivity index (χ0v) is 23.3. The van der Waals surface area contributed by atoms with E-state index in [1.165, 1.54) is 23.4 Å². The summed E-state index contributed by atoms with van der Waals surface area (Å²) >= 11 is 0. The number of alkyl carbamates (subject to hydrolysis) is 1. The van der Waals surface area contributed by atoms with Crippen molar-refractivity contribution in [2.24, 2.45) is 0 Å². The molecule has 40 heavy (non-hydrogen) atoms. The number of aryl methyl sites for hydroxylation is 2. The smallest absolute Gasteiger partial charge is 0.407 e. The number of nitrogens with one attached hydrogen (secondary N) is 2. The third-order valence-corrected chi connectivity index (χ3v) is 6.66. The van der Waals surface area contributed by atoms with E-state index in [1.54, 1.807) is 10.9 Å². The molecule has 0 unspecified atom stereocenters. The first kappa shape index (κ1) is 27.3. The van der Waals surface area contributed by atoms with E-state index in [9.17, 15) is 9.59 Å². The fraction of sp³-hybridized carbons (Fsp3) is 0.448. The first-order chi connectivity index (χ1) is 19.3. The molecule has 0 radical (unpaired) electrons. The highest BCUT2D eigenvalue weighted by molar-refractivity contribution is 5.76. The highest BCUT2D eigenvalue weighted by Crippen LogP contribution is 2.40. The maximum atomic E-state index is 12.0. The number of hydrogen-bond donors (Lipinski definition) is 2. The Kier molecular flexibility index (Phi) is 8.09. The molecule has 0 spiro atoms. The van der Waals surface area contributed by atoms with E-state index in [0.717, 1.165) is 53.5 Å². The van der Waals surface area contributed by atoms with Crippen LogP contribution in [-0.2, 0) is 35.6 Å². The molecular formula is C29H36N8O3. The summed E-state index contributed by atoms with van der Waals surface area (Å²) in [7, 11) is 0. The number of rotatable bonds is 12. The number of anilines is 1. The Labute approximate surface area is 233 Å². The number of aromatic nitrogens is 6. The Morgan fingerprint density at radius 2 is 1.98 bits per heavy atom. The fourth-order valence-corrected chi connectivity index (χ4v) is 4.54. The van der Waals surface area contributed by atoms with Gasteiger partial charge in [-0.2, -0.15) is 5.10 Å². The third kappa shape index (κ3) is 7.43. The van der Waals surface area contributed by atoms with Crippen LogP contribution in [-0.4, -0.2) is 48.3 Å². The van der Waals surface area contributed by atoms with Crippen LogP contribution < -0.4 is 10.2 Å². The van der Waals surface area contributed by atoms with Gasteiger partial charge in [-0.3, -0.25) is 14.4 Å². The second-order valence-electron chi connectivity index (χ2n) is 11.3. The number of unbranched alkanes of at least 4 members (excludes halogenated alkanes) is 1. The largest absolute Gasteiger partial charge is 0.444 e. The number of benzene rings is 1. The molecule has 5 rings (SSSR count). The summed E-state index contributed by atoms with van der Waals surface area (Å²) in [5.74, 6) is 1.15. The molecule has 1 aliphatic carbocycles. The van der Waals surface area contributed by atoms with Gasteiger partial charge in [0.15, 0.2) is 11.5 Å². The van der Waals surface area contributed by atoms with Gasteiger partial charge in [0, 0.05) is 24.2 Å². The summed E-state index contributed by atoms with van der Waals surface area (Å²) in [6.45, 7) is 6.82. The average Bonchev–Trinajstić information content (AvgIpc) is 3.51. The van der Waals surface area contributed by atoms with E-state index >= 15 is 0 Å². The van der Waals surface area contributed by atoms with Crippen molar-refractivity contribution in [2.45, 2.75) is 84.0 Å². The number of fused-ring (bicyclic) bond motifs is 1. The van der Waals surface area contributed by atoms with Gasteiger partial charge in [-0.25, -0.2) is 4.79 Å². The molecule has 1 saturated carbocycles. The summed E-state index contributed by atoms with van der Waals surface area (Å²) in [5.41, 5.74) is 4.39. The lowest BCUT2D eigenvalue weighted by atomic mass is 10.1. The maximum Gasteiger partial charge on any atom is 0.407 e. The van der Waals surface area contributed by atoms with E-state index in [4.69, 9.17) is 4.74 Å². The second kappa shape index (κ2) is 11.8. The molecule has 0 aliphatic heterocycles. The predicted octanol–water partition coefficient (Wildman–Crippen LogP) is 4.64. The van der Waals surface area contributed by atoms with Gasteiger partial charge in [0.05, 0.1) is 18.4 Å². The zero-order chi connectivity index (χ0) is 28.1. The number of carbonyl (C=O) groups is 2. The Balaban J connectivity index is 1.09.